The number of methoxy groups -OCH3 is 2. The zero-order valence-corrected chi connectivity index (χ0v) is 11.8. The van der Waals surface area contributed by atoms with E-state index in [-0.39, 0.29) is 12.9 Å². The lowest BCUT2D eigenvalue weighted by Crippen LogP contribution is -2.34. The highest BCUT2D eigenvalue weighted by Crippen LogP contribution is 2.33. The van der Waals surface area contributed by atoms with E-state index < -0.39 is 6.10 Å². The van der Waals surface area contributed by atoms with E-state index >= 15 is 0 Å². The molecule has 0 bridgehead atoms. The first kappa shape index (κ1) is 15.1. The Kier molecular flexibility index (Phi) is 5.60. The van der Waals surface area contributed by atoms with Crippen molar-refractivity contribution >= 4 is 0 Å². The Morgan fingerprint density at radius 3 is 2.80 bits per heavy atom. The number of fused-ring (bicyclic) bond motifs is 1. The number of nitrogens with one attached hydrogen (secondary N) is 1. The van der Waals surface area contributed by atoms with Gasteiger partial charge in [0.25, 0.3) is 0 Å². The SMILES string of the molecule is COCC(CNCC(O)c1ccc2c(c1)OCO2)OC. The van der Waals surface area contributed by atoms with Gasteiger partial charge in [-0.3, -0.25) is 0 Å². The molecule has 6 nitrogen and oxygen atoms in total. The van der Waals surface area contributed by atoms with Crippen molar-refractivity contribution in [1.29, 1.82) is 0 Å². The van der Waals surface area contributed by atoms with Crippen molar-refractivity contribution in [3.8, 4) is 11.5 Å². The van der Waals surface area contributed by atoms with E-state index in [1.807, 2.05) is 12.1 Å². The third-order valence-corrected chi connectivity index (χ3v) is 3.18. The zero-order valence-electron chi connectivity index (χ0n) is 11.8. The van der Waals surface area contributed by atoms with Crippen molar-refractivity contribution in [1.82, 2.24) is 5.32 Å². The van der Waals surface area contributed by atoms with Gasteiger partial charge in [-0.25, -0.2) is 0 Å². The summed E-state index contributed by atoms with van der Waals surface area (Å²) in [5.41, 5.74) is 0.794. The molecule has 0 saturated heterocycles. The van der Waals surface area contributed by atoms with Crippen LogP contribution in [0.15, 0.2) is 18.2 Å². The Hall–Kier alpha value is -1.34. The maximum atomic E-state index is 10.1. The first-order valence-electron chi connectivity index (χ1n) is 6.54. The number of aliphatic hydroxyl groups is 1. The van der Waals surface area contributed by atoms with Crippen LogP contribution in [0.25, 0.3) is 0 Å². The van der Waals surface area contributed by atoms with Gasteiger partial charge in [-0.2, -0.15) is 0 Å². The average Bonchev–Trinajstić information content (AvgIpc) is 2.93. The molecule has 0 saturated carbocycles. The van der Waals surface area contributed by atoms with Gasteiger partial charge in [0.15, 0.2) is 11.5 Å². The van der Waals surface area contributed by atoms with Crippen LogP contribution < -0.4 is 14.8 Å². The molecule has 2 atom stereocenters. The second-order valence-electron chi connectivity index (χ2n) is 4.60. The van der Waals surface area contributed by atoms with E-state index in [4.69, 9.17) is 18.9 Å². The van der Waals surface area contributed by atoms with Crippen molar-refractivity contribution in [2.24, 2.45) is 0 Å². The van der Waals surface area contributed by atoms with E-state index in [1.165, 1.54) is 0 Å². The molecule has 1 aliphatic rings. The summed E-state index contributed by atoms with van der Waals surface area (Å²) in [6, 6.07) is 5.45. The fraction of sp³-hybridized carbons (Fsp3) is 0.571. The highest BCUT2D eigenvalue weighted by molar-refractivity contribution is 5.45. The van der Waals surface area contributed by atoms with Gasteiger partial charge in [0.2, 0.25) is 6.79 Å². The first-order chi connectivity index (χ1) is 9.74. The molecule has 1 aromatic carbocycles. The van der Waals surface area contributed by atoms with Gasteiger partial charge in [-0.05, 0) is 17.7 Å². The van der Waals surface area contributed by atoms with Crippen LogP contribution in [-0.4, -0.2) is 51.9 Å². The van der Waals surface area contributed by atoms with Crippen LogP contribution in [0.5, 0.6) is 11.5 Å². The predicted octanol–water partition coefficient (Wildman–Crippen LogP) is 0.700. The maximum Gasteiger partial charge on any atom is 0.231 e. The molecule has 0 radical (unpaired) electrons. The summed E-state index contributed by atoms with van der Waals surface area (Å²) < 4.78 is 20.8. The van der Waals surface area contributed by atoms with Crippen LogP contribution in [0, 0.1) is 0 Å². The Morgan fingerprint density at radius 1 is 1.25 bits per heavy atom. The Morgan fingerprint density at radius 2 is 2.05 bits per heavy atom. The second kappa shape index (κ2) is 7.44. The van der Waals surface area contributed by atoms with Gasteiger partial charge in [0.1, 0.15) is 0 Å². The number of hydrogen-bond donors (Lipinski definition) is 2. The molecule has 0 amide bonds. The minimum Gasteiger partial charge on any atom is -0.454 e. The van der Waals surface area contributed by atoms with Crippen LogP contribution in [0.4, 0.5) is 0 Å². The van der Waals surface area contributed by atoms with E-state index in [0.717, 1.165) is 5.56 Å². The Labute approximate surface area is 118 Å². The van der Waals surface area contributed by atoms with E-state index in [9.17, 15) is 5.11 Å². The molecule has 0 spiro atoms. The lowest BCUT2D eigenvalue weighted by molar-refractivity contribution is 0.0270. The summed E-state index contributed by atoms with van der Waals surface area (Å²) in [6.07, 6.45) is -0.631. The highest BCUT2D eigenvalue weighted by Gasteiger charge is 2.16. The molecule has 2 N–H and O–H groups in total. The lowest BCUT2D eigenvalue weighted by Gasteiger charge is -2.17. The van der Waals surface area contributed by atoms with Gasteiger partial charge >= 0.3 is 0 Å². The predicted molar refractivity (Wildman–Crippen MR) is 73.1 cm³/mol. The van der Waals surface area contributed by atoms with Gasteiger partial charge in [-0.15, -0.1) is 0 Å². The minimum atomic E-state index is -0.607. The Balaban J connectivity index is 1.81. The molecule has 0 aromatic heterocycles. The molecule has 1 heterocycles. The molecule has 0 aliphatic carbocycles. The average molecular weight is 283 g/mol. The number of rotatable bonds is 8. The summed E-state index contributed by atoms with van der Waals surface area (Å²) in [5.74, 6) is 1.39. The van der Waals surface area contributed by atoms with Gasteiger partial charge < -0.3 is 29.4 Å². The molecular formula is C14H21NO5. The largest absolute Gasteiger partial charge is 0.454 e. The number of ether oxygens (including phenoxy) is 4. The first-order valence-corrected chi connectivity index (χ1v) is 6.54. The summed E-state index contributed by atoms with van der Waals surface area (Å²) in [4.78, 5) is 0. The van der Waals surface area contributed by atoms with Gasteiger partial charge in [0.05, 0.1) is 18.8 Å². The van der Waals surface area contributed by atoms with Crippen LogP contribution >= 0.6 is 0 Å². The number of benzene rings is 1. The van der Waals surface area contributed by atoms with Crippen molar-refractivity contribution < 1.29 is 24.1 Å². The molecule has 6 heteroatoms. The van der Waals surface area contributed by atoms with Crippen molar-refractivity contribution in [3.63, 3.8) is 0 Å². The minimum absolute atomic E-state index is 0.0241. The fourth-order valence-electron chi connectivity index (χ4n) is 2.02. The summed E-state index contributed by atoms with van der Waals surface area (Å²) in [5, 5.41) is 13.3. The fourth-order valence-corrected chi connectivity index (χ4v) is 2.02. The van der Waals surface area contributed by atoms with Gasteiger partial charge in [-0.1, -0.05) is 6.07 Å². The van der Waals surface area contributed by atoms with Crippen molar-refractivity contribution in [2.45, 2.75) is 12.2 Å². The molecule has 0 fully saturated rings. The van der Waals surface area contributed by atoms with Crippen molar-refractivity contribution in [2.75, 3.05) is 40.7 Å². The maximum absolute atomic E-state index is 10.1. The lowest BCUT2D eigenvalue weighted by atomic mass is 10.1. The summed E-state index contributed by atoms with van der Waals surface area (Å²) in [6.45, 7) is 1.80. The molecular weight excluding hydrogens is 262 g/mol. The van der Waals surface area contributed by atoms with E-state index in [1.54, 1.807) is 20.3 Å². The highest BCUT2D eigenvalue weighted by atomic mass is 16.7. The second-order valence-corrected chi connectivity index (χ2v) is 4.60. The van der Waals surface area contributed by atoms with Crippen LogP contribution in [0.2, 0.25) is 0 Å². The van der Waals surface area contributed by atoms with E-state index in [0.29, 0.717) is 31.2 Å². The zero-order chi connectivity index (χ0) is 14.4. The smallest absolute Gasteiger partial charge is 0.231 e. The molecule has 2 rings (SSSR count). The molecule has 112 valence electrons. The van der Waals surface area contributed by atoms with Crippen LogP contribution in [0.1, 0.15) is 11.7 Å². The molecule has 20 heavy (non-hydrogen) atoms. The number of aliphatic hydroxyl groups excluding tert-OH is 1. The quantitative estimate of drug-likeness (QED) is 0.732. The third kappa shape index (κ3) is 3.83. The standard InChI is InChI=1S/C14H21NO5/c1-17-8-11(18-2)6-15-7-12(16)10-3-4-13-14(5-10)20-9-19-13/h3-5,11-12,15-16H,6-9H2,1-2H3. The summed E-state index contributed by atoms with van der Waals surface area (Å²) >= 11 is 0. The Bertz CT molecular complexity index is 426. The summed E-state index contributed by atoms with van der Waals surface area (Å²) in [7, 11) is 3.27. The van der Waals surface area contributed by atoms with E-state index in [2.05, 4.69) is 5.32 Å². The van der Waals surface area contributed by atoms with Gasteiger partial charge in [0, 0.05) is 27.3 Å². The van der Waals surface area contributed by atoms with Crippen LogP contribution in [-0.2, 0) is 9.47 Å². The van der Waals surface area contributed by atoms with Crippen molar-refractivity contribution in [3.05, 3.63) is 23.8 Å². The van der Waals surface area contributed by atoms with Crippen LogP contribution in [0.3, 0.4) is 0 Å². The topological polar surface area (TPSA) is 69.2 Å². The normalized spacial score (nSPS) is 16.1. The number of hydrogen-bond acceptors (Lipinski definition) is 6. The third-order valence-electron chi connectivity index (χ3n) is 3.18. The molecule has 1 aliphatic heterocycles. The monoisotopic (exact) mass is 283 g/mol. The molecule has 2 unspecified atom stereocenters. The molecule has 1 aromatic rings.